The zero-order chi connectivity index (χ0) is 20.2. The van der Waals surface area contributed by atoms with Gasteiger partial charge in [-0.1, -0.05) is 72.3 Å². The highest BCUT2D eigenvalue weighted by atomic mass is 32.2. The molecule has 0 saturated heterocycles. The van der Waals surface area contributed by atoms with E-state index in [0.717, 1.165) is 31.1 Å². The molecule has 0 radical (unpaired) electrons. The zero-order valence-electron chi connectivity index (χ0n) is 18.4. The van der Waals surface area contributed by atoms with Crippen molar-refractivity contribution in [3.05, 3.63) is 16.3 Å². The summed E-state index contributed by atoms with van der Waals surface area (Å²) in [5.41, 5.74) is 0. The van der Waals surface area contributed by atoms with Gasteiger partial charge in [0.25, 0.3) is 0 Å². The summed E-state index contributed by atoms with van der Waals surface area (Å²) >= 11 is 3.74. The summed E-state index contributed by atoms with van der Waals surface area (Å²) in [6, 6.07) is 0. The van der Waals surface area contributed by atoms with Gasteiger partial charge in [-0.25, -0.2) is 0 Å². The van der Waals surface area contributed by atoms with E-state index >= 15 is 0 Å². The minimum Gasteiger partial charge on any atom is -0.489 e. The fourth-order valence-corrected chi connectivity index (χ4v) is 5.62. The first-order valence-corrected chi connectivity index (χ1v) is 13.3. The Kier molecular flexibility index (Phi) is 11.5. The molecule has 0 aliphatic carbocycles. The van der Waals surface area contributed by atoms with Crippen molar-refractivity contribution in [3.63, 3.8) is 0 Å². The first kappa shape index (κ1) is 23.7. The van der Waals surface area contributed by atoms with E-state index in [1.165, 1.54) is 66.9 Å². The molecule has 0 fully saturated rings. The topological polar surface area (TPSA) is 18.5 Å². The van der Waals surface area contributed by atoms with Crippen molar-refractivity contribution in [3.8, 4) is 11.5 Å². The molecule has 2 nitrogen and oxygen atoms in total. The van der Waals surface area contributed by atoms with Gasteiger partial charge in [0.05, 0.1) is 18.1 Å². The summed E-state index contributed by atoms with van der Waals surface area (Å²) in [6.45, 7) is 10.7. The van der Waals surface area contributed by atoms with E-state index in [2.05, 4.69) is 39.2 Å². The van der Waals surface area contributed by atoms with E-state index in [0.29, 0.717) is 11.8 Å². The maximum absolute atomic E-state index is 6.45. The van der Waals surface area contributed by atoms with E-state index in [-0.39, 0.29) is 0 Å². The molecule has 1 aliphatic rings. The summed E-state index contributed by atoms with van der Waals surface area (Å²) in [5.74, 6) is 4.44. The number of unbranched alkanes of at least 4 members (excludes halogenated alkanes) is 2. The molecule has 1 aromatic heterocycles. The van der Waals surface area contributed by atoms with Gasteiger partial charge >= 0.3 is 0 Å². The van der Waals surface area contributed by atoms with E-state index in [9.17, 15) is 0 Å². The maximum atomic E-state index is 6.45. The van der Waals surface area contributed by atoms with Crippen LogP contribution in [0.15, 0.2) is 11.5 Å². The third kappa shape index (κ3) is 7.33. The minimum absolute atomic E-state index is 0.638. The van der Waals surface area contributed by atoms with Gasteiger partial charge in [-0.05, 0) is 31.1 Å². The van der Waals surface area contributed by atoms with Crippen molar-refractivity contribution in [2.75, 3.05) is 19.0 Å². The van der Waals surface area contributed by atoms with Gasteiger partial charge in [0.1, 0.15) is 0 Å². The molecule has 0 N–H and O–H groups in total. The Hall–Kier alpha value is -0.610. The molecular formula is C24H40O2S2. The van der Waals surface area contributed by atoms with Gasteiger partial charge < -0.3 is 9.47 Å². The van der Waals surface area contributed by atoms with Gasteiger partial charge in [0.15, 0.2) is 11.5 Å². The number of thiophene rings is 1. The van der Waals surface area contributed by atoms with Crippen LogP contribution < -0.4 is 9.47 Å². The van der Waals surface area contributed by atoms with Crippen molar-refractivity contribution in [2.24, 2.45) is 11.8 Å². The lowest BCUT2D eigenvalue weighted by Crippen LogP contribution is -2.14. The fraction of sp³-hybridized carbons (Fsp3) is 0.750. The average molecular weight is 425 g/mol. The van der Waals surface area contributed by atoms with Crippen LogP contribution in [0.2, 0.25) is 0 Å². The summed E-state index contributed by atoms with van der Waals surface area (Å²) in [7, 11) is 0. The molecule has 160 valence electrons. The lowest BCUT2D eigenvalue weighted by Gasteiger charge is -2.19. The number of allylic oxidation sites excluding steroid dienone is 1. The number of thioether (sulfide) groups is 1. The Balaban J connectivity index is 2.07. The highest BCUT2D eigenvalue weighted by Crippen LogP contribution is 2.47. The Morgan fingerprint density at radius 2 is 1.57 bits per heavy atom. The molecule has 28 heavy (non-hydrogen) atoms. The lowest BCUT2D eigenvalue weighted by molar-refractivity contribution is 0.200. The minimum atomic E-state index is 0.638. The van der Waals surface area contributed by atoms with Crippen LogP contribution in [0.3, 0.4) is 0 Å². The quantitative estimate of drug-likeness (QED) is 0.281. The normalized spacial score (nSPS) is 16.1. The third-order valence-corrected chi connectivity index (χ3v) is 7.89. The molecule has 0 bridgehead atoms. The van der Waals surface area contributed by atoms with Crippen LogP contribution in [0.4, 0.5) is 0 Å². The number of hydrogen-bond acceptors (Lipinski definition) is 4. The molecule has 0 spiro atoms. The molecule has 2 unspecified atom stereocenters. The van der Waals surface area contributed by atoms with Crippen molar-refractivity contribution < 1.29 is 9.47 Å². The lowest BCUT2D eigenvalue weighted by atomic mass is 10.0. The first-order chi connectivity index (χ1) is 13.7. The van der Waals surface area contributed by atoms with Gasteiger partial charge in [0, 0.05) is 16.0 Å². The number of hydrogen-bond donors (Lipinski definition) is 0. The van der Waals surface area contributed by atoms with Crippen LogP contribution in [-0.4, -0.2) is 19.0 Å². The summed E-state index contributed by atoms with van der Waals surface area (Å²) < 4.78 is 12.8. The molecule has 2 atom stereocenters. The molecule has 2 heterocycles. The second-order valence-electron chi connectivity index (χ2n) is 7.92. The van der Waals surface area contributed by atoms with Crippen molar-refractivity contribution in [1.29, 1.82) is 0 Å². The van der Waals surface area contributed by atoms with Crippen LogP contribution in [0, 0.1) is 11.8 Å². The highest BCUT2D eigenvalue weighted by molar-refractivity contribution is 8.08. The molecule has 1 aromatic rings. The number of ether oxygens (including phenoxy) is 2. The second-order valence-corrected chi connectivity index (χ2v) is 9.94. The molecular weight excluding hydrogens is 384 g/mol. The van der Waals surface area contributed by atoms with Crippen LogP contribution in [0.5, 0.6) is 11.5 Å². The second kappa shape index (κ2) is 13.6. The van der Waals surface area contributed by atoms with Crippen molar-refractivity contribution in [1.82, 2.24) is 0 Å². The SMILES string of the molecule is CCCCC(CC)COc1csc(C2=CCCS2)c1OCC(CC)CCCC. The molecule has 0 amide bonds. The van der Waals surface area contributed by atoms with Crippen molar-refractivity contribution >= 4 is 28.0 Å². The predicted molar refractivity (Wildman–Crippen MR) is 127 cm³/mol. The monoisotopic (exact) mass is 424 g/mol. The Morgan fingerprint density at radius 3 is 2.11 bits per heavy atom. The van der Waals surface area contributed by atoms with E-state index in [1.807, 2.05) is 11.8 Å². The van der Waals surface area contributed by atoms with E-state index in [4.69, 9.17) is 9.47 Å². The van der Waals surface area contributed by atoms with Gasteiger partial charge in [-0.2, -0.15) is 0 Å². The van der Waals surface area contributed by atoms with E-state index in [1.54, 1.807) is 11.3 Å². The highest BCUT2D eigenvalue weighted by Gasteiger charge is 2.22. The fourth-order valence-electron chi connectivity index (χ4n) is 3.52. The number of rotatable bonds is 15. The Morgan fingerprint density at radius 1 is 0.929 bits per heavy atom. The zero-order valence-corrected chi connectivity index (χ0v) is 20.1. The standard InChI is InChI=1S/C24H40O2S2/c1-5-9-12-19(7-3)16-25-21-18-28-24(22-14-11-15-27-22)23(21)26-17-20(8-4)13-10-6-2/h14,18-20H,5-13,15-17H2,1-4H3. The van der Waals surface area contributed by atoms with Crippen LogP contribution in [-0.2, 0) is 0 Å². The third-order valence-electron chi connectivity index (χ3n) is 5.67. The van der Waals surface area contributed by atoms with Crippen LogP contribution >= 0.6 is 23.1 Å². The molecule has 0 aromatic carbocycles. The Labute approximate surface area is 181 Å². The molecule has 2 rings (SSSR count). The first-order valence-electron chi connectivity index (χ1n) is 11.4. The summed E-state index contributed by atoms with van der Waals surface area (Å²) in [5, 5.41) is 2.17. The summed E-state index contributed by atoms with van der Waals surface area (Å²) in [6.07, 6.45) is 13.5. The molecule has 4 heteroatoms. The van der Waals surface area contributed by atoms with Gasteiger partial charge in [0.2, 0.25) is 0 Å². The van der Waals surface area contributed by atoms with Crippen molar-refractivity contribution in [2.45, 2.75) is 85.5 Å². The van der Waals surface area contributed by atoms with Gasteiger partial charge in [-0.15, -0.1) is 23.1 Å². The molecule has 0 saturated carbocycles. The summed E-state index contributed by atoms with van der Waals surface area (Å²) in [4.78, 5) is 2.67. The molecule has 1 aliphatic heterocycles. The Bertz CT molecular complexity index is 579. The predicted octanol–water partition coefficient (Wildman–Crippen LogP) is 8.42. The maximum Gasteiger partial charge on any atom is 0.180 e. The van der Waals surface area contributed by atoms with Gasteiger partial charge in [-0.3, -0.25) is 0 Å². The van der Waals surface area contributed by atoms with Crippen LogP contribution in [0.1, 0.15) is 90.4 Å². The largest absolute Gasteiger partial charge is 0.489 e. The van der Waals surface area contributed by atoms with Crippen LogP contribution in [0.25, 0.3) is 4.91 Å². The smallest absolute Gasteiger partial charge is 0.180 e. The van der Waals surface area contributed by atoms with E-state index < -0.39 is 0 Å². The average Bonchev–Trinajstić information content (AvgIpc) is 3.38.